The van der Waals surface area contributed by atoms with Gasteiger partial charge in [-0.2, -0.15) is 0 Å². The molecule has 0 bridgehead atoms. The second-order valence-corrected chi connectivity index (χ2v) is 7.18. The van der Waals surface area contributed by atoms with Crippen LogP contribution < -0.4 is 10.6 Å². The summed E-state index contributed by atoms with van der Waals surface area (Å²) in [5.41, 5.74) is 5.29. The molecule has 0 radical (unpaired) electrons. The minimum Gasteiger partial charge on any atom is -0.336 e. The standard InChI is InChI=1S/C22H18N6O/c1-12(2)25-22(29)26-13-7-8-16-17(11-13)28-21-15-6-4-10-24-19(15)18-14(20(21)27-16)5-3-9-23-18/h3-12H,1-2H3,(H2,25,26,29). The van der Waals surface area contributed by atoms with Crippen LogP contribution in [-0.2, 0) is 0 Å². The number of hydrogen-bond acceptors (Lipinski definition) is 5. The average Bonchev–Trinajstić information content (AvgIpc) is 2.72. The summed E-state index contributed by atoms with van der Waals surface area (Å²) in [5, 5.41) is 7.47. The summed E-state index contributed by atoms with van der Waals surface area (Å²) in [6, 6.07) is 13.1. The van der Waals surface area contributed by atoms with Crippen LogP contribution in [0.3, 0.4) is 0 Å². The second-order valence-electron chi connectivity index (χ2n) is 7.18. The van der Waals surface area contributed by atoms with Crippen molar-refractivity contribution in [3.05, 3.63) is 54.9 Å². The van der Waals surface area contributed by atoms with Gasteiger partial charge in [0.2, 0.25) is 0 Å². The van der Waals surface area contributed by atoms with Gasteiger partial charge in [-0.25, -0.2) is 14.8 Å². The maximum atomic E-state index is 12.0. The molecule has 2 aromatic carbocycles. The van der Waals surface area contributed by atoms with Gasteiger partial charge in [-0.3, -0.25) is 9.97 Å². The number of anilines is 1. The van der Waals surface area contributed by atoms with Crippen LogP contribution in [0.1, 0.15) is 13.8 Å². The number of aromatic nitrogens is 4. The molecule has 0 atom stereocenters. The molecule has 0 saturated heterocycles. The molecule has 29 heavy (non-hydrogen) atoms. The summed E-state index contributed by atoms with van der Waals surface area (Å²) in [4.78, 5) is 30.8. The monoisotopic (exact) mass is 382 g/mol. The first kappa shape index (κ1) is 17.2. The Morgan fingerprint density at radius 2 is 1.45 bits per heavy atom. The lowest BCUT2D eigenvalue weighted by atomic mass is 10.1. The summed E-state index contributed by atoms with van der Waals surface area (Å²) >= 11 is 0. The van der Waals surface area contributed by atoms with E-state index in [1.165, 1.54) is 0 Å². The average molecular weight is 382 g/mol. The van der Waals surface area contributed by atoms with Crippen molar-refractivity contribution in [1.82, 2.24) is 25.3 Å². The van der Waals surface area contributed by atoms with Gasteiger partial charge >= 0.3 is 6.03 Å². The zero-order valence-corrected chi connectivity index (χ0v) is 16.0. The van der Waals surface area contributed by atoms with Crippen LogP contribution in [0.2, 0.25) is 0 Å². The van der Waals surface area contributed by atoms with Gasteiger partial charge in [0.15, 0.2) is 0 Å². The lowest BCUT2D eigenvalue weighted by Crippen LogP contribution is -2.34. The molecule has 0 aliphatic rings. The summed E-state index contributed by atoms with van der Waals surface area (Å²) in [7, 11) is 0. The number of benzene rings is 2. The second kappa shape index (κ2) is 6.63. The topological polar surface area (TPSA) is 92.7 Å². The number of pyridine rings is 2. The quantitative estimate of drug-likeness (QED) is 0.348. The van der Waals surface area contributed by atoms with Crippen molar-refractivity contribution in [2.45, 2.75) is 19.9 Å². The maximum absolute atomic E-state index is 12.0. The molecular weight excluding hydrogens is 364 g/mol. The predicted octanol–water partition coefficient (Wildman–Crippen LogP) is 4.41. The van der Waals surface area contributed by atoms with E-state index < -0.39 is 0 Å². The van der Waals surface area contributed by atoms with Crippen LogP contribution in [0.15, 0.2) is 54.9 Å². The van der Waals surface area contributed by atoms with Crippen molar-refractivity contribution >= 4 is 55.6 Å². The summed E-state index contributed by atoms with van der Waals surface area (Å²) in [6.07, 6.45) is 3.52. The third-order valence-electron chi connectivity index (χ3n) is 4.69. The number of nitrogens with zero attached hydrogens (tertiary/aromatic N) is 4. The minimum absolute atomic E-state index is 0.0555. The van der Waals surface area contributed by atoms with Crippen LogP contribution >= 0.6 is 0 Å². The Hall–Kier alpha value is -3.87. The molecule has 7 nitrogen and oxygen atoms in total. The molecule has 3 aromatic heterocycles. The van der Waals surface area contributed by atoms with E-state index in [1.54, 1.807) is 12.4 Å². The molecule has 142 valence electrons. The molecule has 2 amide bonds. The molecular formula is C22H18N6O. The molecule has 5 aromatic rings. The zero-order chi connectivity index (χ0) is 20.0. The Morgan fingerprint density at radius 1 is 0.828 bits per heavy atom. The fourth-order valence-corrected chi connectivity index (χ4v) is 3.51. The number of rotatable bonds is 2. The van der Waals surface area contributed by atoms with Crippen LogP contribution in [0.4, 0.5) is 10.5 Å². The van der Waals surface area contributed by atoms with Crippen LogP contribution in [0.5, 0.6) is 0 Å². The van der Waals surface area contributed by atoms with E-state index in [0.717, 1.165) is 38.4 Å². The first-order valence-electron chi connectivity index (χ1n) is 9.40. The number of carbonyl (C=O) groups excluding carboxylic acids is 1. The highest BCUT2D eigenvalue weighted by atomic mass is 16.2. The molecule has 0 saturated carbocycles. The van der Waals surface area contributed by atoms with E-state index in [4.69, 9.17) is 9.97 Å². The third kappa shape index (κ3) is 2.97. The van der Waals surface area contributed by atoms with Gasteiger partial charge in [-0.1, -0.05) is 0 Å². The number of urea groups is 1. The number of fused-ring (bicyclic) bond motifs is 7. The summed E-state index contributed by atoms with van der Waals surface area (Å²) in [5.74, 6) is 0. The Balaban J connectivity index is 1.75. The van der Waals surface area contributed by atoms with Crippen molar-refractivity contribution in [3.8, 4) is 0 Å². The van der Waals surface area contributed by atoms with Crippen LogP contribution in [-0.4, -0.2) is 32.0 Å². The largest absolute Gasteiger partial charge is 0.336 e. The minimum atomic E-state index is -0.250. The fourth-order valence-electron chi connectivity index (χ4n) is 3.51. The Labute approximate surface area is 166 Å². The van der Waals surface area contributed by atoms with E-state index in [0.29, 0.717) is 11.2 Å². The molecule has 5 rings (SSSR count). The van der Waals surface area contributed by atoms with Gasteiger partial charge in [0.1, 0.15) is 0 Å². The Morgan fingerprint density at radius 3 is 2.07 bits per heavy atom. The van der Waals surface area contributed by atoms with Gasteiger partial charge < -0.3 is 10.6 Å². The number of carbonyl (C=O) groups is 1. The Kier molecular flexibility index (Phi) is 3.94. The lowest BCUT2D eigenvalue weighted by molar-refractivity contribution is 0.250. The molecule has 0 aliphatic heterocycles. The van der Waals surface area contributed by atoms with Crippen molar-refractivity contribution in [3.63, 3.8) is 0 Å². The first-order chi connectivity index (χ1) is 14.1. The number of hydrogen-bond donors (Lipinski definition) is 2. The van der Waals surface area contributed by atoms with E-state index >= 15 is 0 Å². The number of amides is 2. The predicted molar refractivity (Wildman–Crippen MR) is 115 cm³/mol. The first-order valence-corrected chi connectivity index (χ1v) is 9.40. The molecule has 0 spiro atoms. The van der Waals surface area contributed by atoms with Gasteiger partial charge in [-0.15, -0.1) is 0 Å². The molecule has 0 fully saturated rings. The molecule has 2 N–H and O–H groups in total. The van der Waals surface area contributed by atoms with Gasteiger partial charge in [-0.05, 0) is 56.3 Å². The smallest absolute Gasteiger partial charge is 0.319 e. The van der Waals surface area contributed by atoms with E-state index in [1.807, 2.05) is 56.3 Å². The SMILES string of the molecule is CC(C)NC(=O)Nc1ccc2nc3c4cccnc4c4ncccc4c3nc2c1. The van der Waals surface area contributed by atoms with Gasteiger partial charge in [0.25, 0.3) is 0 Å². The number of nitrogens with one attached hydrogen (secondary N) is 2. The molecule has 7 heteroatoms. The van der Waals surface area contributed by atoms with Crippen molar-refractivity contribution in [1.29, 1.82) is 0 Å². The highest BCUT2D eigenvalue weighted by molar-refractivity contribution is 6.21. The van der Waals surface area contributed by atoms with Crippen molar-refractivity contribution in [2.24, 2.45) is 0 Å². The van der Waals surface area contributed by atoms with Crippen molar-refractivity contribution < 1.29 is 4.79 Å². The van der Waals surface area contributed by atoms with E-state index in [2.05, 4.69) is 20.6 Å². The van der Waals surface area contributed by atoms with Crippen LogP contribution in [0.25, 0.3) is 43.9 Å². The Bertz CT molecular complexity index is 1410. The highest BCUT2D eigenvalue weighted by Gasteiger charge is 2.14. The van der Waals surface area contributed by atoms with Crippen molar-refractivity contribution in [2.75, 3.05) is 5.32 Å². The highest BCUT2D eigenvalue weighted by Crippen LogP contribution is 2.32. The summed E-state index contributed by atoms with van der Waals surface area (Å²) < 4.78 is 0. The molecule has 0 aliphatic carbocycles. The van der Waals surface area contributed by atoms with E-state index in [-0.39, 0.29) is 12.1 Å². The molecule has 0 unspecified atom stereocenters. The van der Waals surface area contributed by atoms with E-state index in [9.17, 15) is 4.79 Å². The fraction of sp³-hybridized carbons (Fsp3) is 0.136. The van der Waals surface area contributed by atoms with Gasteiger partial charge in [0, 0.05) is 34.9 Å². The summed E-state index contributed by atoms with van der Waals surface area (Å²) in [6.45, 7) is 3.83. The maximum Gasteiger partial charge on any atom is 0.319 e. The molecule has 3 heterocycles. The lowest BCUT2D eigenvalue weighted by Gasteiger charge is -2.11. The zero-order valence-electron chi connectivity index (χ0n) is 16.0. The normalized spacial score (nSPS) is 11.6. The third-order valence-corrected chi connectivity index (χ3v) is 4.69. The van der Waals surface area contributed by atoms with Gasteiger partial charge in [0.05, 0.1) is 33.1 Å². The van der Waals surface area contributed by atoms with Crippen LogP contribution in [0, 0.1) is 0 Å².